The van der Waals surface area contributed by atoms with Gasteiger partial charge in [0, 0.05) is 18.0 Å². The van der Waals surface area contributed by atoms with Crippen LogP contribution in [0.5, 0.6) is 6.01 Å². The zero-order chi connectivity index (χ0) is 8.27. The summed E-state index contributed by atoms with van der Waals surface area (Å²) in [5.41, 5.74) is 5.25. The van der Waals surface area contributed by atoms with Crippen LogP contribution < -0.4 is 10.5 Å². The molecule has 0 amide bonds. The van der Waals surface area contributed by atoms with Gasteiger partial charge in [-0.05, 0) is 0 Å². The van der Waals surface area contributed by atoms with Crippen LogP contribution in [0.25, 0.3) is 0 Å². The van der Waals surface area contributed by atoms with Crippen LogP contribution in [0, 0.1) is 0 Å². The summed E-state index contributed by atoms with van der Waals surface area (Å²) in [5, 5.41) is 0.295. The van der Waals surface area contributed by atoms with Gasteiger partial charge in [0.05, 0.1) is 0 Å². The summed E-state index contributed by atoms with van der Waals surface area (Å²) < 4.78 is 8.32. The molecule has 0 aromatic carbocycles. The fourth-order valence-corrected chi connectivity index (χ4v) is 0.805. The van der Waals surface area contributed by atoms with Crippen LogP contribution >= 0.6 is 11.5 Å². The number of rotatable bonds is 2. The van der Waals surface area contributed by atoms with Gasteiger partial charge >= 0.3 is 12.0 Å². The Balaban J connectivity index is 2.57. The highest BCUT2D eigenvalue weighted by atomic mass is 32.1. The highest BCUT2D eigenvalue weighted by molar-refractivity contribution is 7.09. The Morgan fingerprint density at radius 2 is 2.55 bits per heavy atom. The minimum absolute atomic E-state index is 0.0411. The Morgan fingerprint density at radius 1 is 1.82 bits per heavy atom. The van der Waals surface area contributed by atoms with Gasteiger partial charge in [-0.15, -0.1) is 4.37 Å². The Kier molecular flexibility index (Phi) is 2.37. The summed E-state index contributed by atoms with van der Waals surface area (Å²) in [6.45, 7) is 1.69. The van der Waals surface area contributed by atoms with Crippen LogP contribution in [0.2, 0.25) is 0 Å². The molecule has 2 N–H and O–H groups in total. The maximum absolute atomic E-state index is 10.7. The monoisotopic (exact) mass is 173 g/mol. The van der Waals surface area contributed by atoms with E-state index in [1.165, 1.54) is 0 Å². The third-order valence-corrected chi connectivity index (χ3v) is 1.44. The predicted molar refractivity (Wildman–Crippen MR) is 40.2 cm³/mol. The van der Waals surface area contributed by atoms with Crippen LogP contribution in [0.15, 0.2) is 0 Å². The van der Waals surface area contributed by atoms with Crippen molar-refractivity contribution in [2.75, 3.05) is 5.73 Å². The van der Waals surface area contributed by atoms with Crippen LogP contribution in [0.1, 0.15) is 13.3 Å². The van der Waals surface area contributed by atoms with Crippen molar-refractivity contribution in [3.8, 4) is 6.01 Å². The Labute approximate surface area is 67.4 Å². The minimum atomic E-state index is -0.359. The fraction of sp³-hybridized carbons (Fsp3) is 0.400. The van der Waals surface area contributed by atoms with E-state index < -0.39 is 0 Å². The van der Waals surface area contributed by atoms with Crippen molar-refractivity contribution < 1.29 is 9.53 Å². The van der Waals surface area contributed by atoms with Gasteiger partial charge in [-0.3, -0.25) is 4.79 Å². The predicted octanol–water partition coefficient (Wildman–Crippen LogP) is 0.436. The van der Waals surface area contributed by atoms with E-state index in [1.807, 2.05) is 0 Å². The van der Waals surface area contributed by atoms with Crippen LogP contribution in [-0.2, 0) is 4.79 Å². The molecule has 11 heavy (non-hydrogen) atoms. The van der Waals surface area contributed by atoms with Crippen molar-refractivity contribution in [1.82, 2.24) is 9.36 Å². The van der Waals surface area contributed by atoms with E-state index >= 15 is 0 Å². The maximum Gasteiger partial charge on any atom is 0.338 e. The first-order chi connectivity index (χ1) is 5.22. The van der Waals surface area contributed by atoms with E-state index in [0.29, 0.717) is 11.6 Å². The topological polar surface area (TPSA) is 78.1 Å². The number of esters is 1. The van der Waals surface area contributed by atoms with Crippen molar-refractivity contribution in [1.29, 1.82) is 0 Å². The van der Waals surface area contributed by atoms with Crippen molar-refractivity contribution >= 4 is 22.6 Å². The molecule has 0 aliphatic heterocycles. The number of nitrogens with two attached hydrogens (primary N) is 1. The smallest absolute Gasteiger partial charge is 0.338 e. The van der Waals surface area contributed by atoms with Gasteiger partial charge in [0.25, 0.3) is 0 Å². The first-order valence-electron chi connectivity index (χ1n) is 3.02. The Bertz CT molecular complexity index is 260. The van der Waals surface area contributed by atoms with Crippen LogP contribution in [0.3, 0.4) is 0 Å². The quantitative estimate of drug-likeness (QED) is 0.656. The number of anilines is 1. The average molecular weight is 173 g/mol. The summed E-state index contributed by atoms with van der Waals surface area (Å²) in [6.07, 6.45) is 0.305. The van der Waals surface area contributed by atoms with Gasteiger partial charge in [-0.2, -0.15) is 4.98 Å². The summed E-state index contributed by atoms with van der Waals surface area (Å²) >= 11 is 0.996. The number of ether oxygens (including phenoxy) is 1. The van der Waals surface area contributed by atoms with Gasteiger partial charge in [0.2, 0.25) is 5.13 Å². The number of carbonyl (C=O) groups is 1. The SMILES string of the molecule is CCC(=O)Oc1nsc(N)n1. The number of hydrogen-bond donors (Lipinski definition) is 1. The molecule has 0 fully saturated rings. The lowest BCUT2D eigenvalue weighted by Crippen LogP contribution is -2.06. The molecule has 1 rings (SSSR count). The third kappa shape index (κ3) is 2.15. The van der Waals surface area contributed by atoms with Crippen molar-refractivity contribution in [2.24, 2.45) is 0 Å². The molecule has 0 atom stereocenters. The van der Waals surface area contributed by atoms with E-state index in [0.717, 1.165) is 11.5 Å². The second-order valence-electron chi connectivity index (χ2n) is 1.74. The largest absolute Gasteiger partial charge is 0.390 e. The van der Waals surface area contributed by atoms with Gasteiger partial charge in [0.1, 0.15) is 0 Å². The lowest BCUT2D eigenvalue weighted by Gasteiger charge is -1.92. The van der Waals surface area contributed by atoms with Crippen molar-refractivity contribution in [3.63, 3.8) is 0 Å². The van der Waals surface area contributed by atoms with E-state index in [1.54, 1.807) is 6.92 Å². The molecule has 0 saturated carbocycles. The van der Waals surface area contributed by atoms with E-state index in [2.05, 4.69) is 14.1 Å². The standard InChI is InChI=1S/C5H7N3O2S/c1-2-3(9)10-5-7-4(6)11-8-5/h2H2,1H3,(H2,6,7,8). The zero-order valence-corrected chi connectivity index (χ0v) is 6.72. The van der Waals surface area contributed by atoms with Gasteiger partial charge in [0.15, 0.2) is 0 Å². The molecular formula is C5H7N3O2S. The molecule has 0 bridgehead atoms. The second kappa shape index (κ2) is 3.29. The highest BCUT2D eigenvalue weighted by Crippen LogP contribution is 2.11. The van der Waals surface area contributed by atoms with Crippen LogP contribution in [-0.4, -0.2) is 15.3 Å². The second-order valence-corrected chi connectivity index (χ2v) is 2.53. The van der Waals surface area contributed by atoms with Gasteiger partial charge in [-0.1, -0.05) is 6.92 Å². The molecule has 6 heteroatoms. The van der Waals surface area contributed by atoms with Crippen molar-refractivity contribution in [2.45, 2.75) is 13.3 Å². The number of nitrogens with zero attached hydrogens (tertiary/aromatic N) is 2. The summed E-state index contributed by atoms with van der Waals surface area (Å²) in [7, 11) is 0. The summed E-state index contributed by atoms with van der Waals surface area (Å²) in [6, 6.07) is 0.0411. The molecule has 0 spiro atoms. The minimum Gasteiger partial charge on any atom is -0.390 e. The molecule has 0 aliphatic rings. The fourth-order valence-electron chi connectivity index (χ4n) is 0.436. The number of hydrogen-bond acceptors (Lipinski definition) is 6. The normalized spacial score (nSPS) is 9.55. The summed E-state index contributed by atoms with van der Waals surface area (Å²) in [4.78, 5) is 14.3. The van der Waals surface area contributed by atoms with E-state index in [9.17, 15) is 4.79 Å². The first kappa shape index (κ1) is 7.93. The van der Waals surface area contributed by atoms with E-state index in [4.69, 9.17) is 5.73 Å². The van der Waals surface area contributed by atoms with E-state index in [-0.39, 0.29) is 12.0 Å². The molecular weight excluding hydrogens is 166 g/mol. The number of aromatic nitrogens is 2. The third-order valence-electron chi connectivity index (χ3n) is 0.917. The number of nitrogen functional groups attached to an aromatic ring is 1. The lowest BCUT2D eigenvalue weighted by atomic mass is 10.5. The molecule has 0 radical (unpaired) electrons. The summed E-state index contributed by atoms with van der Waals surface area (Å²) in [5.74, 6) is -0.359. The van der Waals surface area contributed by atoms with Gasteiger partial charge in [-0.25, -0.2) is 0 Å². The average Bonchev–Trinajstić information content (AvgIpc) is 2.35. The Morgan fingerprint density at radius 3 is 3.00 bits per heavy atom. The van der Waals surface area contributed by atoms with Gasteiger partial charge < -0.3 is 10.5 Å². The zero-order valence-electron chi connectivity index (χ0n) is 5.90. The van der Waals surface area contributed by atoms with Crippen LogP contribution in [0.4, 0.5) is 5.13 Å². The molecule has 0 unspecified atom stereocenters. The maximum atomic E-state index is 10.7. The molecule has 1 aromatic heterocycles. The van der Waals surface area contributed by atoms with Crippen molar-refractivity contribution in [3.05, 3.63) is 0 Å². The first-order valence-corrected chi connectivity index (χ1v) is 3.79. The molecule has 60 valence electrons. The molecule has 1 aromatic rings. The number of carbonyl (C=O) groups excluding carboxylic acids is 1. The molecule has 0 aliphatic carbocycles. The molecule has 1 heterocycles. The Hall–Kier alpha value is -1.17. The molecule has 0 saturated heterocycles. The molecule has 5 nitrogen and oxygen atoms in total. The highest BCUT2D eigenvalue weighted by Gasteiger charge is 2.05. The lowest BCUT2D eigenvalue weighted by molar-refractivity contribution is -0.134.